The molecular weight excluding hydrogens is 228 g/mol. The molecule has 2 fully saturated rings. The second-order valence-electron chi connectivity index (χ2n) is 5.57. The van der Waals surface area contributed by atoms with Gasteiger partial charge in [-0.15, -0.1) is 0 Å². The van der Waals surface area contributed by atoms with Crippen molar-refractivity contribution >= 4 is 0 Å². The highest BCUT2D eigenvalue weighted by atomic mass is 16.6. The van der Waals surface area contributed by atoms with Gasteiger partial charge in [0.2, 0.25) is 0 Å². The normalized spacial score (nSPS) is 31.6. The van der Waals surface area contributed by atoms with Gasteiger partial charge in [0.25, 0.3) is 0 Å². The Hall–Kier alpha value is -1.06. The quantitative estimate of drug-likeness (QED) is 0.832. The summed E-state index contributed by atoms with van der Waals surface area (Å²) >= 11 is 0. The number of hydrogen-bond donors (Lipinski definition) is 1. The van der Waals surface area contributed by atoms with Gasteiger partial charge in [0.1, 0.15) is 5.75 Å². The first kappa shape index (κ1) is 12.0. The highest BCUT2D eigenvalue weighted by Crippen LogP contribution is 2.51. The largest absolute Gasteiger partial charge is 0.497 e. The minimum Gasteiger partial charge on any atom is -0.497 e. The van der Waals surface area contributed by atoms with E-state index >= 15 is 0 Å². The summed E-state index contributed by atoms with van der Waals surface area (Å²) in [6, 6.07) is 7.43. The molecule has 1 atom stereocenters. The summed E-state index contributed by atoms with van der Waals surface area (Å²) in [6.07, 6.45) is 5.04. The summed E-state index contributed by atoms with van der Waals surface area (Å²) in [7, 11) is 1.64. The molecule has 0 aliphatic heterocycles. The maximum atomic E-state index is 10.2. The molecule has 0 amide bonds. The average molecular weight is 248 g/mol. The van der Waals surface area contributed by atoms with Crippen LogP contribution in [0.2, 0.25) is 0 Å². The summed E-state index contributed by atoms with van der Waals surface area (Å²) in [5.41, 5.74) is 0.754. The van der Waals surface area contributed by atoms with Crippen LogP contribution in [-0.2, 0) is 4.74 Å². The molecule has 2 saturated carbocycles. The lowest BCUT2D eigenvalue weighted by molar-refractivity contribution is -0.186. The topological polar surface area (TPSA) is 38.7 Å². The lowest BCUT2D eigenvalue weighted by Gasteiger charge is -2.30. The molecule has 3 rings (SSSR count). The number of fused-ring (bicyclic) bond motifs is 2. The van der Waals surface area contributed by atoms with Gasteiger partial charge in [-0.2, -0.15) is 0 Å². The minimum absolute atomic E-state index is 0.0516. The van der Waals surface area contributed by atoms with Crippen molar-refractivity contribution in [3.8, 4) is 5.75 Å². The zero-order chi connectivity index (χ0) is 12.6. The Morgan fingerprint density at radius 1 is 1.22 bits per heavy atom. The van der Waals surface area contributed by atoms with Gasteiger partial charge in [-0.05, 0) is 50.2 Å². The van der Waals surface area contributed by atoms with E-state index < -0.39 is 6.29 Å². The zero-order valence-corrected chi connectivity index (χ0v) is 10.8. The predicted octanol–water partition coefficient (Wildman–Crippen LogP) is 3.04. The summed E-state index contributed by atoms with van der Waals surface area (Å²) < 4.78 is 11.1. The summed E-state index contributed by atoms with van der Waals surface area (Å²) in [5.74, 6) is 1.62. The SMILES string of the molecule is COc1ccc(C(O)OC23CCC(CC2)C3)cc1. The van der Waals surface area contributed by atoms with Crippen LogP contribution in [0.5, 0.6) is 5.75 Å². The molecule has 3 nitrogen and oxygen atoms in total. The molecule has 18 heavy (non-hydrogen) atoms. The molecule has 3 heteroatoms. The smallest absolute Gasteiger partial charge is 0.181 e. The van der Waals surface area contributed by atoms with Crippen molar-refractivity contribution in [2.45, 2.75) is 44.0 Å². The summed E-state index contributed by atoms with van der Waals surface area (Å²) in [5, 5.41) is 10.2. The standard InChI is InChI=1S/C15H20O3/c1-17-13-4-2-12(3-5-13)14(16)18-15-8-6-11(10-15)7-9-15/h2-5,11,14,16H,6-10H2,1H3. The van der Waals surface area contributed by atoms with Crippen LogP contribution in [0.3, 0.4) is 0 Å². The van der Waals surface area contributed by atoms with Crippen LogP contribution in [0, 0.1) is 5.92 Å². The molecule has 1 unspecified atom stereocenters. The Morgan fingerprint density at radius 2 is 1.89 bits per heavy atom. The highest BCUT2D eigenvalue weighted by molar-refractivity contribution is 5.27. The Labute approximate surface area is 108 Å². The number of benzene rings is 1. The first-order valence-corrected chi connectivity index (χ1v) is 6.71. The molecule has 0 radical (unpaired) electrons. The van der Waals surface area contributed by atoms with Crippen LogP contribution in [0.25, 0.3) is 0 Å². The van der Waals surface area contributed by atoms with Gasteiger partial charge >= 0.3 is 0 Å². The number of hydrogen-bond acceptors (Lipinski definition) is 3. The fraction of sp³-hybridized carbons (Fsp3) is 0.600. The molecule has 0 spiro atoms. The number of ether oxygens (including phenoxy) is 2. The van der Waals surface area contributed by atoms with Gasteiger partial charge in [0.05, 0.1) is 12.7 Å². The Morgan fingerprint density at radius 3 is 2.39 bits per heavy atom. The van der Waals surface area contributed by atoms with Crippen molar-refractivity contribution < 1.29 is 14.6 Å². The van der Waals surface area contributed by atoms with Crippen molar-refractivity contribution in [2.75, 3.05) is 7.11 Å². The van der Waals surface area contributed by atoms with Crippen LogP contribution < -0.4 is 4.74 Å². The van der Waals surface area contributed by atoms with E-state index in [1.807, 2.05) is 24.3 Å². The molecule has 2 aliphatic carbocycles. The second-order valence-corrected chi connectivity index (χ2v) is 5.57. The fourth-order valence-electron chi connectivity index (χ4n) is 3.38. The molecule has 1 N–H and O–H groups in total. The van der Waals surface area contributed by atoms with Gasteiger partial charge in [0.15, 0.2) is 6.29 Å². The summed E-state index contributed by atoms with van der Waals surface area (Å²) in [4.78, 5) is 0. The number of aliphatic hydroxyl groups is 1. The second kappa shape index (κ2) is 4.56. The highest BCUT2D eigenvalue weighted by Gasteiger charge is 2.47. The third kappa shape index (κ3) is 2.13. The van der Waals surface area contributed by atoms with E-state index in [4.69, 9.17) is 9.47 Å². The van der Waals surface area contributed by atoms with E-state index in [1.54, 1.807) is 7.11 Å². The van der Waals surface area contributed by atoms with Gasteiger partial charge < -0.3 is 14.6 Å². The van der Waals surface area contributed by atoms with Crippen LogP contribution >= 0.6 is 0 Å². The molecule has 0 heterocycles. The lowest BCUT2D eigenvalue weighted by atomic mass is 9.97. The number of rotatable bonds is 4. The van der Waals surface area contributed by atoms with Crippen LogP contribution in [0.1, 0.15) is 44.0 Å². The molecule has 2 bridgehead atoms. The van der Waals surface area contributed by atoms with E-state index in [9.17, 15) is 5.11 Å². The van der Waals surface area contributed by atoms with E-state index in [1.165, 1.54) is 12.8 Å². The third-order valence-electron chi connectivity index (χ3n) is 4.44. The summed E-state index contributed by atoms with van der Waals surface area (Å²) in [6.45, 7) is 0. The maximum absolute atomic E-state index is 10.2. The molecule has 2 aliphatic rings. The first-order chi connectivity index (χ1) is 8.71. The van der Waals surface area contributed by atoms with E-state index in [0.717, 1.165) is 36.5 Å². The molecule has 0 saturated heterocycles. The van der Waals surface area contributed by atoms with Crippen molar-refractivity contribution in [2.24, 2.45) is 5.92 Å². The maximum Gasteiger partial charge on any atom is 0.181 e. The zero-order valence-electron chi connectivity index (χ0n) is 10.8. The van der Waals surface area contributed by atoms with Gasteiger partial charge in [0, 0.05) is 5.56 Å². The van der Waals surface area contributed by atoms with Crippen molar-refractivity contribution in [1.82, 2.24) is 0 Å². The van der Waals surface area contributed by atoms with Crippen molar-refractivity contribution in [3.63, 3.8) is 0 Å². The predicted molar refractivity (Wildman–Crippen MR) is 68.3 cm³/mol. The van der Waals surface area contributed by atoms with Crippen LogP contribution in [0.15, 0.2) is 24.3 Å². The number of methoxy groups -OCH3 is 1. The molecular formula is C15H20O3. The van der Waals surface area contributed by atoms with Crippen LogP contribution in [0.4, 0.5) is 0 Å². The first-order valence-electron chi connectivity index (χ1n) is 6.71. The minimum atomic E-state index is -0.812. The molecule has 0 aromatic heterocycles. The third-order valence-corrected chi connectivity index (χ3v) is 4.44. The Balaban J connectivity index is 1.68. The Bertz CT molecular complexity index is 404. The van der Waals surface area contributed by atoms with E-state index in [2.05, 4.69) is 0 Å². The van der Waals surface area contributed by atoms with E-state index in [0.29, 0.717) is 0 Å². The monoisotopic (exact) mass is 248 g/mol. The number of aliphatic hydroxyl groups excluding tert-OH is 1. The van der Waals surface area contributed by atoms with Crippen molar-refractivity contribution in [3.05, 3.63) is 29.8 Å². The molecule has 1 aromatic carbocycles. The lowest BCUT2D eigenvalue weighted by Crippen LogP contribution is -2.28. The van der Waals surface area contributed by atoms with Crippen LogP contribution in [-0.4, -0.2) is 17.8 Å². The van der Waals surface area contributed by atoms with Gasteiger partial charge in [-0.3, -0.25) is 0 Å². The Kier molecular flexibility index (Phi) is 3.04. The van der Waals surface area contributed by atoms with Gasteiger partial charge in [-0.25, -0.2) is 0 Å². The van der Waals surface area contributed by atoms with E-state index in [-0.39, 0.29) is 5.60 Å². The average Bonchev–Trinajstić information content (AvgIpc) is 2.98. The van der Waals surface area contributed by atoms with Gasteiger partial charge in [-0.1, -0.05) is 12.1 Å². The molecule has 98 valence electrons. The molecule has 1 aromatic rings. The van der Waals surface area contributed by atoms with Crippen molar-refractivity contribution in [1.29, 1.82) is 0 Å². The fourth-order valence-corrected chi connectivity index (χ4v) is 3.38.